The van der Waals surface area contributed by atoms with Crippen LogP contribution in [0.1, 0.15) is 22.5 Å². The molecule has 0 radical (unpaired) electrons. The van der Waals surface area contributed by atoms with Crippen LogP contribution in [0, 0.1) is 5.82 Å². The standard InChI is InChI=1S/C21H22FN3O2/c1-25(15-16-8-3-2-4-9-16)13-7-12-23-21(26)19-14-20(27-24-19)17-10-5-6-11-18(17)22/h2-6,8-11,14H,7,12-13,15H2,1H3,(H,23,26). The monoisotopic (exact) mass is 367 g/mol. The highest BCUT2D eigenvalue weighted by molar-refractivity contribution is 5.93. The van der Waals surface area contributed by atoms with Crippen molar-refractivity contribution in [3.05, 3.63) is 77.7 Å². The first-order chi connectivity index (χ1) is 13.1. The van der Waals surface area contributed by atoms with E-state index in [2.05, 4.69) is 27.5 Å². The number of aromatic nitrogens is 1. The van der Waals surface area contributed by atoms with Crippen LogP contribution in [-0.2, 0) is 6.54 Å². The van der Waals surface area contributed by atoms with Crippen LogP contribution in [0.4, 0.5) is 4.39 Å². The smallest absolute Gasteiger partial charge is 0.273 e. The molecule has 6 heteroatoms. The molecule has 0 saturated heterocycles. The van der Waals surface area contributed by atoms with Crippen LogP contribution >= 0.6 is 0 Å². The second kappa shape index (κ2) is 9.09. The predicted molar refractivity (Wildman–Crippen MR) is 102 cm³/mol. The van der Waals surface area contributed by atoms with Crippen LogP contribution in [0.5, 0.6) is 0 Å². The van der Waals surface area contributed by atoms with E-state index in [4.69, 9.17) is 4.52 Å². The van der Waals surface area contributed by atoms with Gasteiger partial charge in [-0.05, 0) is 37.7 Å². The summed E-state index contributed by atoms with van der Waals surface area (Å²) in [6, 6.07) is 17.9. The van der Waals surface area contributed by atoms with Crippen molar-refractivity contribution in [2.45, 2.75) is 13.0 Å². The van der Waals surface area contributed by atoms with Crippen LogP contribution in [0.3, 0.4) is 0 Å². The molecule has 0 bridgehead atoms. The number of hydrogen-bond donors (Lipinski definition) is 1. The molecule has 2 aromatic carbocycles. The first-order valence-electron chi connectivity index (χ1n) is 8.86. The Kier molecular flexibility index (Phi) is 6.33. The van der Waals surface area contributed by atoms with Crippen molar-refractivity contribution in [3.63, 3.8) is 0 Å². The summed E-state index contributed by atoms with van der Waals surface area (Å²) in [6.07, 6.45) is 0.813. The van der Waals surface area contributed by atoms with Crippen LogP contribution < -0.4 is 5.32 Å². The topological polar surface area (TPSA) is 58.4 Å². The van der Waals surface area contributed by atoms with Crippen LogP contribution in [0.15, 0.2) is 65.2 Å². The summed E-state index contributed by atoms with van der Waals surface area (Å²) in [7, 11) is 2.05. The molecule has 1 aromatic heterocycles. The van der Waals surface area contributed by atoms with Gasteiger partial charge >= 0.3 is 0 Å². The Hall–Kier alpha value is -2.99. The molecule has 5 nitrogen and oxygen atoms in total. The van der Waals surface area contributed by atoms with E-state index in [1.807, 2.05) is 25.2 Å². The number of benzene rings is 2. The highest BCUT2D eigenvalue weighted by Crippen LogP contribution is 2.23. The Balaban J connectivity index is 1.44. The lowest BCUT2D eigenvalue weighted by molar-refractivity contribution is 0.0943. The van der Waals surface area contributed by atoms with Gasteiger partial charge in [-0.1, -0.05) is 47.6 Å². The lowest BCUT2D eigenvalue weighted by Gasteiger charge is -2.16. The van der Waals surface area contributed by atoms with Gasteiger partial charge < -0.3 is 14.7 Å². The molecule has 0 aliphatic heterocycles. The van der Waals surface area contributed by atoms with Crippen molar-refractivity contribution < 1.29 is 13.7 Å². The molecule has 0 aliphatic carbocycles. The molecule has 0 atom stereocenters. The van der Waals surface area contributed by atoms with Gasteiger partial charge in [0.2, 0.25) is 0 Å². The highest BCUT2D eigenvalue weighted by atomic mass is 19.1. The molecule has 1 N–H and O–H groups in total. The Morgan fingerprint density at radius 3 is 2.67 bits per heavy atom. The van der Waals surface area contributed by atoms with Crippen molar-refractivity contribution in [1.82, 2.24) is 15.4 Å². The molecule has 140 valence electrons. The number of nitrogens with zero attached hydrogens (tertiary/aromatic N) is 2. The fraction of sp³-hybridized carbons (Fsp3) is 0.238. The molecule has 27 heavy (non-hydrogen) atoms. The van der Waals surface area contributed by atoms with E-state index >= 15 is 0 Å². The third kappa shape index (κ3) is 5.24. The van der Waals surface area contributed by atoms with E-state index in [-0.39, 0.29) is 22.9 Å². The lowest BCUT2D eigenvalue weighted by atomic mass is 10.1. The lowest BCUT2D eigenvalue weighted by Crippen LogP contribution is -2.28. The van der Waals surface area contributed by atoms with E-state index < -0.39 is 5.82 Å². The average Bonchev–Trinajstić information content (AvgIpc) is 3.16. The maximum absolute atomic E-state index is 13.8. The van der Waals surface area contributed by atoms with Gasteiger partial charge in [0.05, 0.1) is 5.56 Å². The highest BCUT2D eigenvalue weighted by Gasteiger charge is 2.15. The molecular formula is C21H22FN3O2. The zero-order valence-electron chi connectivity index (χ0n) is 15.2. The van der Waals surface area contributed by atoms with Gasteiger partial charge in [-0.25, -0.2) is 4.39 Å². The van der Waals surface area contributed by atoms with Gasteiger partial charge in [-0.2, -0.15) is 0 Å². The van der Waals surface area contributed by atoms with Crippen molar-refractivity contribution >= 4 is 5.91 Å². The number of carbonyl (C=O) groups excluding carboxylic acids is 1. The van der Waals surface area contributed by atoms with Crippen LogP contribution in [-0.4, -0.2) is 36.1 Å². The van der Waals surface area contributed by atoms with Gasteiger partial charge in [0, 0.05) is 19.2 Å². The minimum Gasteiger partial charge on any atom is -0.355 e. The first kappa shape index (κ1) is 18.8. The van der Waals surface area contributed by atoms with E-state index in [9.17, 15) is 9.18 Å². The Labute approximate surface area is 157 Å². The van der Waals surface area contributed by atoms with Crippen LogP contribution in [0.2, 0.25) is 0 Å². The normalized spacial score (nSPS) is 10.9. The third-order valence-corrected chi connectivity index (χ3v) is 4.18. The molecule has 3 rings (SSSR count). The fourth-order valence-electron chi connectivity index (χ4n) is 2.79. The minimum absolute atomic E-state index is 0.144. The summed E-state index contributed by atoms with van der Waals surface area (Å²) in [5.74, 6) is -0.505. The maximum Gasteiger partial charge on any atom is 0.273 e. The zero-order valence-corrected chi connectivity index (χ0v) is 15.2. The van der Waals surface area contributed by atoms with E-state index in [0.717, 1.165) is 19.5 Å². The number of amides is 1. The Morgan fingerprint density at radius 2 is 1.89 bits per heavy atom. The molecule has 0 fully saturated rings. The van der Waals surface area contributed by atoms with Gasteiger partial charge in [0.25, 0.3) is 5.91 Å². The summed E-state index contributed by atoms with van der Waals surface area (Å²) in [5.41, 5.74) is 1.68. The largest absolute Gasteiger partial charge is 0.355 e. The Morgan fingerprint density at radius 1 is 1.15 bits per heavy atom. The van der Waals surface area contributed by atoms with Crippen molar-refractivity contribution in [2.75, 3.05) is 20.1 Å². The molecular weight excluding hydrogens is 345 g/mol. The van der Waals surface area contributed by atoms with E-state index in [1.54, 1.807) is 18.2 Å². The van der Waals surface area contributed by atoms with E-state index in [1.165, 1.54) is 17.7 Å². The SMILES string of the molecule is CN(CCCNC(=O)c1cc(-c2ccccc2F)on1)Cc1ccccc1. The van der Waals surface area contributed by atoms with Crippen molar-refractivity contribution in [2.24, 2.45) is 0 Å². The summed E-state index contributed by atoms with van der Waals surface area (Å²) in [6.45, 7) is 2.25. The molecule has 0 spiro atoms. The fourth-order valence-corrected chi connectivity index (χ4v) is 2.79. The van der Waals surface area contributed by atoms with Gasteiger partial charge in [0.15, 0.2) is 11.5 Å². The molecule has 3 aromatic rings. The number of halogens is 1. The minimum atomic E-state index is -0.415. The van der Waals surface area contributed by atoms with Crippen molar-refractivity contribution in [3.8, 4) is 11.3 Å². The van der Waals surface area contributed by atoms with E-state index in [0.29, 0.717) is 6.54 Å². The number of rotatable bonds is 8. The first-order valence-corrected chi connectivity index (χ1v) is 8.86. The summed E-state index contributed by atoms with van der Waals surface area (Å²) < 4.78 is 18.9. The van der Waals surface area contributed by atoms with Gasteiger partial charge in [-0.15, -0.1) is 0 Å². The molecule has 1 amide bonds. The van der Waals surface area contributed by atoms with Gasteiger partial charge in [0.1, 0.15) is 5.82 Å². The predicted octanol–water partition coefficient (Wildman–Crippen LogP) is 3.73. The molecule has 0 saturated carbocycles. The molecule has 0 unspecified atom stereocenters. The summed E-state index contributed by atoms with van der Waals surface area (Å²) >= 11 is 0. The second-order valence-corrected chi connectivity index (χ2v) is 6.39. The van der Waals surface area contributed by atoms with Crippen molar-refractivity contribution in [1.29, 1.82) is 0 Å². The molecule has 1 heterocycles. The number of nitrogens with one attached hydrogen (secondary N) is 1. The Bertz CT molecular complexity index is 880. The summed E-state index contributed by atoms with van der Waals surface area (Å²) in [4.78, 5) is 14.4. The number of hydrogen-bond acceptors (Lipinski definition) is 4. The quantitative estimate of drug-likeness (QED) is 0.616. The van der Waals surface area contributed by atoms with Gasteiger partial charge in [-0.3, -0.25) is 4.79 Å². The molecule has 0 aliphatic rings. The summed E-state index contributed by atoms with van der Waals surface area (Å²) in [5, 5.41) is 6.55. The maximum atomic E-state index is 13.8. The van der Waals surface area contributed by atoms with Crippen LogP contribution in [0.25, 0.3) is 11.3 Å². The third-order valence-electron chi connectivity index (χ3n) is 4.18. The second-order valence-electron chi connectivity index (χ2n) is 6.39. The zero-order chi connectivity index (χ0) is 19.1. The number of carbonyl (C=O) groups is 1. The average molecular weight is 367 g/mol.